The molecule has 12 heteroatoms. The number of rotatable bonds is 14. The van der Waals surface area contributed by atoms with Crippen molar-refractivity contribution in [3.8, 4) is 5.75 Å². The number of hydrogen-bond acceptors (Lipinski definition) is 6. The highest BCUT2D eigenvalue weighted by atomic mass is 79.9. The Labute approximate surface area is 366 Å². The molecule has 0 aliphatic carbocycles. The number of hydrogen-bond donors (Lipinski definition) is 3. The van der Waals surface area contributed by atoms with E-state index in [-0.39, 0.29) is 61.7 Å². The molecular formula is C49H51BrN4O6Si. The zero-order chi connectivity index (χ0) is 42.9. The number of H-pyrrole nitrogens is 1. The van der Waals surface area contributed by atoms with Crippen LogP contribution in [0.1, 0.15) is 35.6 Å². The number of aliphatic hydroxyl groups is 1. The van der Waals surface area contributed by atoms with E-state index in [0.717, 1.165) is 49.1 Å². The van der Waals surface area contributed by atoms with Gasteiger partial charge in [-0.3, -0.25) is 14.4 Å². The van der Waals surface area contributed by atoms with Crippen molar-refractivity contribution in [1.29, 1.82) is 0 Å². The maximum absolute atomic E-state index is 15.4. The third kappa shape index (κ3) is 8.17. The largest absolute Gasteiger partial charge is 0.497 e. The van der Waals surface area contributed by atoms with Crippen LogP contribution in [0.3, 0.4) is 0 Å². The second kappa shape index (κ2) is 17.4. The van der Waals surface area contributed by atoms with Gasteiger partial charge in [0.1, 0.15) is 5.75 Å². The number of halogens is 1. The number of methoxy groups -OCH3 is 1. The number of nitrogens with zero attached hydrogens (tertiary/aromatic N) is 2. The molecule has 0 unspecified atom stereocenters. The van der Waals surface area contributed by atoms with Crippen LogP contribution >= 0.6 is 15.9 Å². The Morgan fingerprint density at radius 2 is 1.67 bits per heavy atom. The molecule has 61 heavy (non-hydrogen) atoms. The van der Waals surface area contributed by atoms with Crippen LogP contribution in [0.2, 0.25) is 18.6 Å². The smallest absolute Gasteiger partial charge is 0.264 e. The maximum Gasteiger partial charge on any atom is 0.264 e. The molecule has 4 atom stereocenters. The lowest BCUT2D eigenvalue weighted by molar-refractivity contribution is -0.150. The predicted octanol–water partition coefficient (Wildman–Crippen LogP) is 8.29. The lowest BCUT2D eigenvalue weighted by Crippen LogP contribution is -2.52. The lowest BCUT2D eigenvalue weighted by Gasteiger charge is -2.37. The van der Waals surface area contributed by atoms with Crippen LogP contribution in [0.5, 0.6) is 5.75 Å². The monoisotopic (exact) mass is 898 g/mol. The number of para-hydroxylation sites is 1. The third-order valence-electron chi connectivity index (χ3n) is 12.7. The highest BCUT2D eigenvalue weighted by Gasteiger charge is 2.66. The van der Waals surface area contributed by atoms with E-state index in [1.54, 1.807) is 16.9 Å². The van der Waals surface area contributed by atoms with E-state index in [1.165, 1.54) is 5.19 Å². The second-order valence-electron chi connectivity index (χ2n) is 16.7. The van der Waals surface area contributed by atoms with Crippen molar-refractivity contribution in [2.75, 3.05) is 30.5 Å². The van der Waals surface area contributed by atoms with E-state index in [1.807, 2.05) is 115 Å². The average molecular weight is 900 g/mol. The Morgan fingerprint density at radius 1 is 0.951 bits per heavy atom. The van der Waals surface area contributed by atoms with Gasteiger partial charge in [-0.1, -0.05) is 114 Å². The molecular weight excluding hydrogens is 849 g/mol. The molecule has 0 bridgehead atoms. The fourth-order valence-electron chi connectivity index (χ4n) is 9.69. The van der Waals surface area contributed by atoms with Gasteiger partial charge in [-0.25, -0.2) is 0 Å². The van der Waals surface area contributed by atoms with Gasteiger partial charge in [0.05, 0.1) is 53.0 Å². The standard InChI is InChI=1S/C49H51BrN4O6Si/c1-32-47(61(3,4)39-21-19-38(59-2)20-22-39)44(28-46(57)53(24-25-55)30-33-10-6-5-7-11-33)60-49(32)41-27-36(50)16-23-43(41)54(48(49)58)31-34-14-17-37(18-15-34)52-45(56)26-35-29-51-42-13-9-8-12-40(35)42/h5-23,27,29,32,44,47,51,55H,24-26,28,30-31H2,1-4H3,(H,52,56)/t32-,44+,47-,49+/m1/s1. The Hall–Kier alpha value is -5.53. The molecule has 1 fully saturated rings. The van der Waals surface area contributed by atoms with Gasteiger partial charge >= 0.3 is 0 Å². The van der Waals surface area contributed by atoms with Gasteiger partial charge in [0.25, 0.3) is 5.91 Å². The lowest BCUT2D eigenvalue weighted by atomic mass is 9.82. The van der Waals surface area contributed by atoms with Crippen molar-refractivity contribution >= 4 is 69.2 Å². The molecule has 3 N–H and O–H groups in total. The summed E-state index contributed by atoms with van der Waals surface area (Å²) in [5.41, 5.74) is 4.46. The van der Waals surface area contributed by atoms with Gasteiger partial charge in [0.2, 0.25) is 11.8 Å². The first-order valence-corrected chi connectivity index (χ1v) is 24.6. The summed E-state index contributed by atoms with van der Waals surface area (Å²) in [7, 11) is -0.882. The molecule has 2 aliphatic heterocycles. The summed E-state index contributed by atoms with van der Waals surface area (Å²) in [6.07, 6.45) is 1.58. The van der Waals surface area contributed by atoms with Crippen molar-refractivity contribution in [2.24, 2.45) is 5.92 Å². The molecule has 3 amide bonds. The second-order valence-corrected chi connectivity index (χ2v) is 22.3. The number of aromatic nitrogens is 1. The van der Waals surface area contributed by atoms with Crippen LogP contribution in [0, 0.1) is 5.92 Å². The van der Waals surface area contributed by atoms with Crippen molar-refractivity contribution in [2.45, 2.75) is 63.2 Å². The fourth-order valence-corrected chi connectivity index (χ4v) is 14.1. The van der Waals surface area contributed by atoms with Gasteiger partial charge in [0.15, 0.2) is 5.60 Å². The van der Waals surface area contributed by atoms with E-state index >= 15 is 4.79 Å². The molecule has 314 valence electrons. The molecule has 1 saturated heterocycles. The van der Waals surface area contributed by atoms with Crippen LogP contribution in [0.4, 0.5) is 11.4 Å². The highest BCUT2D eigenvalue weighted by molar-refractivity contribution is 9.10. The summed E-state index contributed by atoms with van der Waals surface area (Å²) in [5.74, 6) is 0.0237. The molecule has 0 saturated carbocycles. The number of benzene rings is 5. The van der Waals surface area contributed by atoms with E-state index in [2.05, 4.69) is 58.4 Å². The number of carbonyl (C=O) groups is 3. The van der Waals surface area contributed by atoms with Crippen LogP contribution in [-0.4, -0.2) is 67.2 Å². The van der Waals surface area contributed by atoms with E-state index in [0.29, 0.717) is 12.2 Å². The molecule has 10 nitrogen and oxygen atoms in total. The SMILES string of the molecule is COc1ccc([Si](C)(C)[C@H]2[C@H](CC(=O)N(CCO)Cc3ccccc3)O[C@@]3(C(=O)N(Cc4ccc(NC(=O)Cc5c[nH]c6ccccc56)cc4)c4ccc(Br)cc43)[C@@H]2C)cc1. The molecule has 5 aromatic carbocycles. The molecule has 0 radical (unpaired) electrons. The average Bonchev–Trinajstić information content (AvgIpc) is 3.88. The zero-order valence-corrected chi connectivity index (χ0v) is 37.4. The summed E-state index contributed by atoms with van der Waals surface area (Å²) in [6.45, 7) is 7.35. The van der Waals surface area contributed by atoms with Gasteiger partial charge in [-0.05, 0) is 70.8 Å². The minimum Gasteiger partial charge on any atom is -0.497 e. The topological polar surface area (TPSA) is 124 Å². The minimum absolute atomic E-state index is 0.0558. The molecule has 1 spiro atoms. The number of anilines is 2. The number of carbonyl (C=O) groups excluding carboxylic acids is 3. The minimum atomic E-state index is -2.53. The summed E-state index contributed by atoms with van der Waals surface area (Å²) in [5, 5.41) is 15.3. The Bertz CT molecular complexity index is 2550. The summed E-state index contributed by atoms with van der Waals surface area (Å²) in [4.78, 5) is 49.6. The number of aromatic amines is 1. The molecule has 1 aromatic heterocycles. The summed E-state index contributed by atoms with van der Waals surface area (Å²) < 4.78 is 13.6. The van der Waals surface area contributed by atoms with Crippen LogP contribution in [-0.2, 0) is 44.2 Å². The van der Waals surface area contributed by atoms with Crippen LogP contribution in [0.15, 0.2) is 132 Å². The van der Waals surface area contributed by atoms with Gasteiger partial charge in [-0.2, -0.15) is 0 Å². The van der Waals surface area contributed by atoms with Crippen molar-refractivity contribution < 1.29 is 29.0 Å². The fraction of sp³-hybridized carbons (Fsp3) is 0.286. The first kappa shape index (κ1) is 42.2. The van der Waals surface area contributed by atoms with Crippen LogP contribution in [0.25, 0.3) is 10.9 Å². The molecule has 2 aliphatic rings. The zero-order valence-electron chi connectivity index (χ0n) is 34.9. The number of aliphatic hydroxyl groups excluding tert-OH is 1. The van der Waals surface area contributed by atoms with Gasteiger partial charge in [0, 0.05) is 51.8 Å². The molecule has 8 rings (SSSR count). The first-order chi connectivity index (χ1) is 29.4. The quantitative estimate of drug-likeness (QED) is 0.0947. The number of nitrogens with one attached hydrogen (secondary N) is 2. The number of amides is 3. The van der Waals surface area contributed by atoms with Crippen molar-refractivity contribution in [3.05, 3.63) is 154 Å². The third-order valence-corrected chi connectivity index (χ3v) is 17.6. The van der Waals surface area contributed by atoms with Crippen molar-refractivity contribution in [1.82, 2.24) is 9.88 Å². The Morgan fingerprint density at radius 3 is 2.39 bits per heavy atom. The predicted molar refractivity (Wildman–Crippen MR) is 246 cm³/mol. The van der Waals surface area contributed by atoms with Crippen molar-refractivity contribution in [3.63, 3.8) is 0 Å². The first-order valence-electron chi connectivity index (χ1n) is 20.7. The number of fused-ring (bicyclic) bond motifs is 3. The van der Waals surface area contributed by atoms with E-state index in [9.17, 15) is 14.7 Å². The maximum atomic E-state index is 15.4. The van der Waals surface area contributed by atoms with Gasteiger partial charge in [-0.15, -0.1) is 0 Å². The summed E-state index contributed by atoms with van der Waals surface area (Å²) >= 11 is 3.70. The molecule has 6 aromatic rings. The van der Waals surface area contributed by atoms with Crippen LogP contribution < -0.4 is 20.1 Å². The number of ether oxygens (including phenoxy) is 2. The van der Waals surface area contributed by atoms with Gasteiger partial charge < -0.3 is 34.7 Å². The Kier molecular flexibility index (Phi) is 12.1. The summed E-state index contributed by atoms with van der Waals surface area (Å²) in [6, 6.07) is 39.3. The van der Waals surface area contributed by atoms with E-state index < -0.39 is 19.8 Å². The highest BCUT2D eigenvalue weighted by Crippen LogP contribution is 2.60. The normalized spacial score (nSPS) is 19.7. The Balaban J connectivity index is 1.09. The molecule has 3 heterocycles. The van der Waals surface area contributed by atoms with E-state index in [4.69, 9.17) is 9.47 Å².